The third-order valence-electron chi connectivity index (χ3n) is 3.65. The molecule has 1 fully saturated rings. The van der Waals surface area contributed by atoms with E-state index < -0.39 is 0 Å². The topological polar surface area (TPSA) is 46.3 Å². The van der Waals surface area contributed by atoms with Crippen molar-refractivity contribution in [2.45, 2.75) is 40.0 Å². The number of nitrogens with zero attached hydrogens (tertiary/aromatic N) is 1. The minimum atomic E-state index is -0.240. The minimum Gasteiger partial charge on any atom is -0.393 e. The van der Waals surface area contributed by atoms with Gasteiger partial charge in [0, 0.05) is 24.4 Å². The van der Waals surface area contributed by atoms with Gasteiger partial charge in [-0.25, -0.2) is 0 Å². The van der Waals surface area contributed by atoms with Gasteiger partial charge in [0.25, 0.3) is 0 Å². The number of carbonyl (C=O) groups excluding carboxylic acids is 1. The minimum absolute atomic E-state index is 0.240. The van der Waals surface area contributed by atoms with E-state index in [1.165, 1.54) is 0 Å². The predicted molar refractivity (Wildman–Crippen MR) is 70.2 cm³/mol. The summed E-state index contributed by atoms with van der Waals surface area (Å²) < 4.78 is 0. The lowest BCUT2D eigenvalue weighted by atomic mass is 9.87. The molecule has 0 atom stereocenters. The van der Waals surface area contributed by atoms with Crippen molar-refractivity contribution in [3.63, 3.8) is 0 Å². The first-order valence-corrected chi connectivity index (χ1v) is 6.38. The summed E-state index contributed by atoms with van der Waals surface area (Å²) in [5, 5.41) is 0. The van der Waals surface area contributed by atoms with E-state index in [9.17, 15) is 4.79 Å². The zero-order valence-electron chi connectivity index (χ0n) is 10.5. The second-order valence-electron chi connectivity index (χ2n) is 5.21. The van der Waals surface area contributed by atoms with Gasteiger partial charge in [-0.05, 0) is 19.3 Å². The van der Waals surface area contributed by atoms with Crippen molar-refractivity contribution in [1.29, 1.82) is 0 Å². The number of thiocarbonyl (C=S) groups is 1. The number of rotatable bonds is 3. The molecule has 4 heteroatoms. The number of hydrogen-bond donors (Lipinski definition) is 1. The average molecular weight is 242 g/mol. The average Bonchev–Trinajstić information content (AvgIpc) is 2.28. The van der Waals surface area contributed by atoms with Crippen LogP contribution >= 0.6 is 12.2 Å². The van der Waals surface area contributed by atoms with Crippen molar-refractivity contribution in [2.75, 3.05) is 13.1 Å². The van der Waals surface area contributed by atoms with Crippen molar-refractivity contribution in [2.24, 2.45) is 17.1 Å². The van der Waals surface area contributed by atoms with Crippen LogP contribution in [0.3, 0.4) is 0 Å². The van der Waals surface area contributed by atoms with Gasteiger partial charge in [-0.3, -0.25) is 4.79 Å². The Balaban J connectivity index is 2.54. The Hall–Kier alpha value is -0.640. The molecule has 0 spiro atoms. The molecule has 2 N–H and O–H groups in total. The first-order chi connectivity index (χ1) is 7.38. The Morgan fingerprint density at radius 2 is 1.94 bits per heavy atom. The van der Waals surface area contributed by atoms with Gasteiger partial charge in [0.05, 0.1) is 4.99 Å². The van der Waals surface area contributed by atoms with Crippen LogP contribution in [0.2, 0.25) is 0 Å². The van der Waals surface area contributed by atoms with E-state index in [4.69, 9.17) is 18.0 Å². The Bertz CT molecular complexity index is 281. The largest absolute Gasteiger partial charge is 0.393 e. The number of likely N-dealkylation sites (tertiary alicyclic amines) is 1. The Labute approximate surface area is 103 Å². The third kappa shape index (κ3) is 2.94. The van der Waals surface area contributed by atoms with Gasteiger partial charge in [0.2, 0.25) is 5.91 Å². The second kappa shape index (κ2) is 5.13. The highest BCUT2D eigenvalue weighted by molar-refractivity contribution is 7.80. The predicted octanol–water partition coefficient (Wildman–Crippen LogP) is 1.95. The van der Waals surface area contributed by atoms with E-state index >= 15 is 0 Å². The zero-order chi connectivity index (χ0) is 12.3. The maximum Gasteiger partial charge on any atom is 0.228 e. The monoisotopic (exact) mass is 242 g/mol. The highest BCUT2D eigenvalue weighted by atomic mass is 32.1. The molecule has 0 aromatic carbocycles. The summed E-state index contributed by atoms with van der Waals surface area (Å²) in [5.74, 6) is 0.583. The normalized spacial score (nSPS) is 18.6. The van der Waals surface area contributed by atoms with Crippen LogP contribution in [-0.4, -0.2) is 28.9 Å². The van der Waals surface area contributed by atoms with Crippen LogP contribution in [0.5, 0.6) is 0 Å². The van der Waals surface area contributed by atoms with Crippen LogP contribution in [0.25, 0.3) is 0 Å². The lowest BCUT2D eigenvalue weighted by molar-refractivity contribution is -0.141. The highest BCUT2D eigenvalue weighted by Gasteiger charge is 2.32. The molecule has 0 saturated carbocycles. The molecule has 16 heavy (non-hydrogen) atoms. The van der Waals surface area contributed by atoms with E-state index in [0.717, 1.165) is 32.4 Å². The van der Waals surface area contributed by atoms with E-state index in [0.29, 0.717) is 10.9 Å². The fourth-order valence-corrected chi connectivity index (χ4v) is 2.18. The van der Waals surface area contributed by atoms with Crippen molar-refractivity contribution in [3.05, 3.63) is 0 Å². The summed E-state index contributed by atoms with van der Waals surface area (Å²) in [7, 11) is 0. The standard InChI is InChI=1S/C12H22N2OS/c1-4-12(2,3)11(15)14-7-5-9(6-8-14)10(13)16/h9H,4-8H2,1-3H3,(H2,13,16). The summed E-state index contributed by atoms with van der Waals surface area (Å²) in [5.41, 5.74) is 5.39. The van der Waals surface area contributed by atoms with E-state index in [1.807, 2.05) is 18.7 Å². The summed E-state index contributed by atoms with van der Waals surface area (Å²) in [6.07, 6.45) is 2.71. The number of carbonyl (C=O) groups is 1. The smallest absolute Gasteiger partial charge is 0.228 e. The molecule has 1 aliphatic heterocycles. The molecule has 1 rings (SSSR count). The summed E-state index contributed by atoms with van der Waals surface area (Å²) >= 11 is 4.99. The molecular weight excluding hydrogens is 220 g/mol. The summed E-state index contributed by atoms with van der Waals surface area (Å²) in [4.78, 5) is 14.7. The molecule has 3 nitrogen and oxygen atoms in total. The second-order valence-corrected chi connectivity index (χ2v) is 5.68. The number of nitrogens with two attached hydrogens (primary N) is 1. The molecule has 92 valence electrons. The van der Waals surface area contributed by atoms with Gasteiger partial charge >= 0.3 is 0 Å². The van der Waals surface area contributed by atoms with E-state index in [2.05, 4.69) is 6.92 Å². The van der Waals surface area contributed by atoms with Gasteiger partial charge in [-0.2, -0.15) is 0 Å². The van der Waals surface area contributed by atoms with Crippen LogP contribution in [0.15, 0.2) is 0 Å². The van der Waals surface area contributed by atoms with Gasteiger partial charge < -0.3 is 10.6 Å². The van der Waals surface area contributed by atoms with Gasteiger partial charge in [0.1, 0.15) is 0 Å². The van der Waals surface area contributed by atoms with Crippen LogP contribution in [0.4, 0.5) is 0 Å². The van der Waals surface area contributed by atoms with E-state index in [1.54, 1.807) is 0 Å². The van der Waals surface area contributed by atoms with Crippen LogP contribution in [0.1, 0.15) is 40.0 Å². The fraction of sp³-hybridized carbons (Fsp3) is 0.833. The molecule has 1 aliphatic rings. The number of amides is 1. The van der Waals surface area contributed by atoms with Crippen molar-refractivity contribution < 1.29 is 4.79 Å². The fourth-order valence-electron chi connectivity index (χ4n) is 1.95. The van der Waals surface area contributed by atoms with Crippen molar-refractivity contribution in [1.82, 2.24) is 4.90 Å². The van der Waals surface area contributed by atoms with Gasteiger partial charge in [-0.1, -0.05) is 33.0 Å². The Morgan fingerprint density at radius 1 is 1.44 bits per heavy atom. The SMILES string of the molecule is CCC(C)(C)C(=O)N1CCC(C(N)=S)CC1. The van der Waals surface area contributed by atoms with Crippen molar-refractivity contribution in [3.8, 4) is 0 Å². The lowest BCUT2D eigenvalue weighted by Crippen LogP contribution is -2.46. The third-order valence-corrected chi connectivity index (χ3v) is 3.98. The molecule has 0 aliphatic carbocycles. The summed E-state index contributed by atoms with van der Waals surface area (Å²) in [6.45, 7) is 7.66. The maximum absolute atomic E-state index is 12.2. The molecule has 0 aromatic rings. The molecule has 0 aromatic heterocycles. The molecule has 0 bridgehead atoms. The first kappa shape index (κ1) is 13.4. The van der Waals surface area contributed by atoms with Gasteiger partial charge in [0.15, 0.2) is 0 Å². The first-order valence-electron chi connectivity index (χ1n) is 5.97. The Kier molecular flexibility index (Phi) is 4.30. The van der Waals surface area contributed by atoms with E-state index in [-0.39, 0.29) is 11.3 Å². The Morgan fingerprint density at radius 3 is 2.31 bits per heavy atom. The van der Waals surface area contributed by atoms with Crippen LogP contribution < -0.4 is 5.73 Å². The zero-order valence-corrected chi connectivity index (χ0v) is 11.3. The van der Waals surface area contributed by atoms with Crippen LogP contribution in [0, 0.1) is 11.3 Å². The molecule has 0 radical (unpaired) electrons. The quantitative estimate of drug-likeness (QED) is 0.769. The van der Waals surface area contributed by atoms with Gasteiger partial charge in [-0.15, -0.1) is 0 Å². The molecule has 1 heterocycles. The summed E-state index contributed by atoms with van der Waals surface area (Å²) in [6, 6.07) is 0. The lowest BCUT2D eigenvalue weighted by Gasteiger charge is -2.36. The molecular formula is C12H22N2OS. The highest BCUT2D eigenvalue weighted by Crippen LogP contribution is 2.26. The molecule has 1 saturated heterocycles. The van der Waals surface area contributed by atoms with Crippen molar-refractivity contribution >= 4 is 23.1 Å². The maximum atomic E-state index is 12.2. The number of hydrogen-bond acceptors (Lipinski definition) is 2. The van der Waals surface area contributed by atoms with Crippen LogP contribution in [-0.2, 0) is 4.79 Å². The molecule has 0 unspecified atom stereocenters. The molecule has 1 amide bonds. The number of piperidine rings is 1.